The molecule has 1 atom stereocenters. The van der Waals surface area contributed by atoms with Gasteiger partial charge >= 0.3 is 0 Å². The number of hydrogen-bond acceptors (Lipinski definition) is 4. The zero-order valence-electron chi connectivity index (χ0n) is 13.5. The van der Waals surface area contributed by atoms with Gasteiger partial charge in [0.2, 0.25) is 0 Å². The maximum Gasteiger partial charge on any atom is 0.174 e. The van der Waals surface area contributed by atoms with Crippen molar-refractivity contribution in [2.75, 3.05) is 19.5 Å². The molecule has 122 valence electrons. The van der Waals surface area contributed by atoms with Crippen molar-refractivity contribution in [1.29, 1.82) is 0 Å². The van der Waals surface area contributed by atoms with Crippen molar-refractivity contribution in [1.82, 2.24) is 10.3 Å². The molecule has 2 rings (SSSR count). The van der Waals surface area contributed by atoms with Crippen LogP contribution in [-0.2, 0) is 0 Å². The average molecular weight is 331 g/mol. The first-order valence-electron chi connectivity index (χ1n) is 7.38. The molecule has 1 aromatic heterocycles. The van der Waals surface area contributed by atoms with Gasteiger partial charge in [0.25, 0.3) is 0 Å². The van der Waals surface area contributed by atoms with Crippen molar-refractivity contribution in [2.24, 2.45) is 0 Å². The number of hydrogen-bond donors (Lipinski definition) is 2. The Morgan fingerprint density at radius 2 is 1.91 bits per heavy atom. The number of benzene rings is 1. The molecule has 23 heavy (non-hydrogen) atoms. The first kappa shape index (κ1) is 17.0. The van der Waals surface area contributed by atoms with Gasteiger partial charge < -0.3 is 20.1 Å². The Morgan fingerprint density at radius 3 is 2.52 bits per heavy atom. The molecule has 0 spiro atoms. The SMILES string of the molecule is CC[C@H](NC(=S)Nc1ncccc1OC)c1ccc(OC)cc1. The predicted molar refractivity (Wildman–Crippen MR) is 96.2 cm³/mol. The van der Waals surface area contributed by atoms with E-state index in [4.69, 9.17) is 21.7 Å². The van der Waals surface area contributed by atoms with Crippen LogP contribution >= 0.6 is 12.2 Å². The van der Waals surface area contributed by atoms with E-state index in [2.05, 4.69) is 22.5 Å². The summed E-state index contributed by atoms with van der Waals surface area (Å²) < 4.78 is 10.4. The summed E-state index contributed by atoms with van der Waals surface area (Å²) in [6.07, 6.45) is 2.59. The Morgan fingerprint density at radius 1 is 1.17 bits per heavy atom. The van der Waals surface area contributed by atoms with Crippen LogP contribution in [0.2, 0.25) is 0 Å². The van der Waals surface area contributed by atoms with E-state index in [9.17, 15) is 0 Å². The molecule has 0 saturated carbocycles. The number of thiocarbonyl (C=S) groups is 1. The predicted octanol–water partition coefficient (Wildman–Crippen LogP) is 3.54. The highest BCUT2D eigenvalue weighted by molar-refractivity contribution is 7.80. The Kier molecular flexibility index (Phi) is 6.17. The zero-order chi connectivity index (χ0) is 16.7. The fraction of sp³-hybridized carbons (Fsp3) is 0.294. The van der Waals surface area contributed by atoms with Crippen molar-refractivity contribution in [3.8, 4) is 11.5 Å². The Hall–Kier alpha value is -2.34. The minimum Gasteiger partial charge on any atom is -0.497 e. The molecule has 1 aromatic carbocycles. The lowest BCUT2D eigenvalue weighted by Gasteiger charge is -2.20. The van der Waals surface area contributed by atoms with Gasteiger partial charge in [0, 0.05) is 6.20 Å². The van der Waals surface area contributed by atoms with E-state index >= 15 is 0 Å². The van der Waals surface area contributed by atoms with Crippen LogP contribution in [0.15, 0.2) is 42.6 Å². The fourth-order valence-corrected chi connectivity index (χ4v) is 2.45. The Bertz CT molecular complexity index is 647. The summed E-state index contributed by atoms with van der Waals surface area (Å²) in [6.45, 7) is 2.10. The molecule has 0 aliphatic carbocycles. The molecule has 2 aromatic rings. The number of nitrogens with one attached hydrogen (secondary N) is 2. The molecule has 0 radical (unpaired) electrons. The molecular formula is C17H21N3O2S. The molecule has 5 nitrogen and oxygen atoms in total. The third kappa shape index (κ3) is 4.56. The molecule has 6 heteroatoms. The van der Waals surface area contributed by atoms with E-state index < -0.39 is 0 Å². The highest BCUT2D eigenvalue weighted by Crippen LogP contribution is 2.22. The summed E-state index contributed by atoms with van der Waals surface area (Å²) in [5, 5.41) is 6.89. The van der Waals surface area contributed by atoms with Gasteiger partial charge in [-0.3, -0.25) is 0 Å². The topological polar surface area (TPSA) is 55.4 Å². The number of anilines is 1. The smallest absolute Gasteiger partial charge is 0.174 e. The van der Waals surface area contributed by atoms with Crippen molar-refractivity contribution >= 4 is 23.1 Å². The summed E-state index contributed by atoms with van der Waals surface area (Å²) in [7, 11) is 3.26. The summed E-state index contributed by atoms with van der Waals surface area (Å²) >= 11 is 5.39. The van der Waals surface area contributed by atoms with E-state index in [0.29, 0.717) is 16.7 Å². The molecule has 0 aliphatic rings. The van der Waals surface area contributed by atoms with E-state index in [-0.39, 0.29) is 6.04 Å². The minimum absolute atomic E-state index is 0.107. The van der Waals surface area contributed by atoms with Crippen LogP contribution in [-0.4, -0.2) is 24.3 Å². The summed E-state index contributed by atoms with van der Waals surface area (Å²) in [4.78, 5) is 4.24. The third-order valence-corrected chi connectivity index (χ3v) is 3.67. The highest BCUT2D eigenvalue weighted by Gasteiger charge is 2.12. The van der Waals surface area contributed by atoms with Gasteiger partial charge in [-0.15, -0.1) is 0 Å². The first-order chi connectivity index (χ1) is 11.2. The van der Waals surface area contributed by atoms with Crippen LogP contribution in [0.1, 0.15) is 24.9 Å². The molecular weight excluding hydrogens is 310 g/mol. The number of ether oxygens (including phenoxy) is 2. The third-order valence-electron chi connectivity index (χ3n) is 3.45. The van der Waals surface area contributed by atoms with Gasteiger partial charge in [-0.1, -0.05) is 19.1 Å². The fourth-order valence-electron chi connectivity index (χ4n) is 2.21. The summed E-state index contributed by atoms with van der Waals surface area (Å²) in [6, 6.07) is 11.7. The second-order valence-corrected chi connectivity index (χ2v) is 5.29. The van der Waals surface area contributed by atoms with Crippen LogP contribution in [0, 0.1) is 0 Å². The number of rotatable bonds is 6. The monoisotopic (exact) mass is 331 g/mol. The van der Waals surface area contributed by atoms with Gasteiger partial charge in [0.05, 0.1) is 20.3 Å². The maximum absolute atomic E-state index is 5.39. The van der Waals surface area contributed by atoms with E-state index in [0.717, 1.165) is 17.7 Å². The molecule has 0 fully saturated rings. The average Bonchev–Trinajstić information content (AvgIpc) is 2.60. The quantitative estimate of drug-likeness (QED) is 0.790. The zero-order valence-corrected chi connectivity index (χ0v) is 14.3. The standard InChI is InChI=1S/C17H21N3O2S/c1-4-14(12-7-9-13(21-2)10-8-12)19-17(23)20-16-15(22-3)6-5-11-18-16/h5-11,14H,4H2,1-3H3,(H2,18,19,20,23)/t14-/m0/s1. The normalized spacial score (nSPS) is 11.4. The summed E-state index contributed by atoms with van der Waals surface area (Å²) in [5.41, 5.74) is 1.14. The van der Waals surface area contributed by atoms with Gasteiger partial charge in [0.15, 0.2) is 16.7 Å². The van der Waals surface area contributed by atoms with Gasteiger partial charge in [0.1, 0.15) is 5.75 Å². The van der Waals surface area contributed by atoms with Gasteiger partial charge in [-0.25, -0.2) is 4.98 Å². The van der Waals surface area contributed by atoms with Crippen molar-refractivity contribution < 1.29 is 9.47 Å². The number of pyridine rings is 1. The largest absolute Gasteiger partial charge is 0.497 e. The first-order valence-corrected chi connectivity index (χ1v) is 7.79. The highest BCUT2D eigenvalue weighted by atomic mass is 32.1. The lowest BCUT2D eigenvalue weighted by Crippen LogP contribution is -2.32. The van der Waals surface area contributed by atoms with Gasteiger partial charge in [-0.2, -0.15) is 0 Å². The van der Waals surface area contributed by atoms with Crippen LogP contribution in [0.5, 0.6) is 11.5 Å². The Labute approximate surface area is 142 Å². The number of nitrogens with zero attached hydrogens (tertiary/aromatic N) is 1. The van der Waals surface area contributed by atoms with Crippen LogP contribution < -0.4 is 20.1 Å². The number of aromatic nitrogens is 1. The second-order valence-electron chi connectivity index (χ2n) is 4.89. The van der Waals surface area contributed by atoms with Crippen LogP contribution in [0.3, 0.4) is 0 Å². The van der Waals surface area contributed by atoms with Crippen molar-refractivity contribution in [3.05, 3.63) is 48.2 Å². The number of methoxy groups -OCH3 is 2. The molecule has 0 amide bonds. The second kappa shape index (κ2) is 8.33. The van der Waals surface area contributed by atoms with Crippen molar-refractivity contribution in [3.63, 3.8) is 0 Å². The van der Waals surface area contributed by atoms with Crippen molar-refractivity contribution in [2.45, 2.75) is 19.4 Å². The lowest BCUT2D eigenvalue weighted by molar-refractivity contribution is 0.414. The molecule has 2 N–H and O–H groups in total. The summed E-state index contributed by atoms with van der Waals surface area (Å²) in [5.74, 6) is 2.08. The van der Waals surface area contributed by atoms with Gasteiger partial charge in [-0.05, 0) is 48.5 Å². The maximum atomic E-state index is 5.39. The van der Waals surface area contributed by atoms with E-state index in [1.165, 1.54) is 0 Å². The molecule has 0 saturated heterocycles. The Balaban J connectivity index is 2.04. The van der Waals surface area contributed by atoms with E-state index in [1.807, 2.05) is 36.4 Å². The molecule has 0 unspecified atom stereocenters. The van der Waals surface area contributed by atoms with Crippen LogP contribution in [0.4, 0.5) is 5.82 Å². The molecule has 0 bridgehead atoms. The van der Waals surface area contributed by atoms with Crippen LogP contribution in [0.25, 0.3) is 0 Å². The molecule has 0 aliphatic heterocycles. The van der Waals surface area contributed by atoms with E-state index in [1.54, 1.807) is 20.4 Å². The lowest BCUT2D eigenvalue weighted by atomic mass is 10.0. The molecule has 1 heterocycles. The minimum atomic E-state index is 0.107.